The fourth-order valence-electron chi connectivity index (χ4n) is 3.65. The number of carbonyl (C=O) groups is 1. The first-order valence-corrected chi connectivity index (χ1v) is 6.57. The minimum atomic E-state index is 0.0586. The van der Waals surface area contributed by atoms with Crippen LogP contribution in [0, 0.1) is 5.92 Å². The van der Waals surface area contributed by atoms with Gasteiger partial charge in [-0.3, -0.25) is 9.63 Å². The van der Waals surface area contributed by atoms with Crippen molar-refractivity contribution in [2.24, 2.45) is 5.92 Å². The maximum atomic E-state index is 12.3. The molecule has 4 atom stereocenters. The van der Waals surface area contributed by atoms with Gasteiger partial charge in [-0.2, -0.15) is 5.06 Å². The van der Waals surface area contributed by atoms with E-state index in [1.54, 1.807) is 7.11 Å². The molecule has 1 aromatic carbocycles. The number of fused-ring (bicyclic) bond motifs is 5. The van der Waals surface area contributed by atoms with Crippen molar-refractivity contribution in [3.05, 3.63) is 24.3 Å². The van der Waals surface area contributed by atoms with E-state index < -0.39 is 0 Å². The molecule has 2 aliphatic heterocycles. The molecule has 0 unspecified atom stereocenters. The van der Waals surface area contributed by atoms with Gasteiger partial charge in [0.15, 0.2) is 0 Å². The highest BCUT2D eigenvalue weighted by Gasteiger charge is 2.65. The van der Waals surface area contributed by atoms with Crippen molar-refractivity contribution in [1.82, 2.24) is 5.06 Å². The number of hydrogen-bond acceptors (Lipinski definition) is 4. The number of nitrogens with zero attached hydrogens (tertiary/aromatic N) is 2. The molecule has 2 saturated heterocycles. The van der Waals surface area contributed by atoms with Crippen LogP contribution in [0.4, 0.5) is 5.69 Å². The zero-order valence-electron chi connectivity index (χ0n) is 10.9. The van der Waals surface area contributed by atoms with E-state index in [9.17, 15) is 4.79 Å². The third kappa shape index (κ3) is 1.34. The molecule has 0 spiro atoms. The molecule has 1 saturated carbocycles. The average molecular weight is 260 g/mol. The first kappa shape index (κ1) is 11.3. The monoisotopic (exact) mass is 260 g/mol. The van der Waals surface area contributed by atoms with Gasteiger partial charge < -0.3 is 9.64 Å². The Labute approximate surface area is 111 Å². The number of rotatable bonds is 2. The number of carbonyl (C=O) groups excluding carboxylic acids is 1. The van der Waals surface area contributed by atoms with Crippen molar-refractivity contribution >= 4 is 11.6 Å². The van der Waals surface area contributed by atoms with Gasteiger partial charge in [0, 0.05) is 12.7 Å². The van der Waals surface area contributed by atoms with E-state index in [1.807, 2.05) is 41.3 Å². The Morgan fingerprint density at radius 1 is 1.32 bits per heavy atom. The molecule has 3 fully saturated rings. The third-order valence-corrected chi connectivity index (χ3v) is 4.58. The number of hydroxylamine groups is 2. The first-order valence-electron chi connectivity index (χ1n) is 6.57. The van der Waals surface area contributed by atoms with Crippen molar-refractivity contribution < 1.29 is 14.4 Å². The molecule has 19 heavy (non-hydrogen) atoms. The molecule has 1 aromatic rings. The van der Waals surface area contributed by atoms with Crippen LogP contribution >= 0.6 is 0 Å². The Kier molecular flexibility index (Phi) is 2.20. The predicted molar refractivity (Wildman–Crippen MR) is 68.8 cm³/mol. The molecule has 0 radical (unpaired) electrons. The van der Waals surface area contributed by atoms with E-state index in [4.69, 9.17) is 9.57 Å². The number of β-lactam (4-membered cyclic amide) rings is 1. The normalized spacial score (nSPS) is 36.3. The Morgan fingerprint density at radius 2 is 2.05 bits per heavy atom. The van der Waals surface area contributed by atoms with Crippen LogP contribution < -0.4 is 9.64 Å². The van der Waals surface area contributed by atoms with Gasteiger partial charge in [-0.25, -0.2) is 0 Å². The summed E-state index contributed by atoms with van der Waals surface area (Å²) in [7, 11) is 3.60. The second kappa shape index (κ2) is 3.71. The second-order valence-corrected chi connectivity index (χ2v) is 5.42. The lowest BCUT2D eigenvalue weighted by molar-refractivity contribution is -0.203. The maximum absolute atomic E-state index is 12.3. The first-order chi connectivity index (χ1) is 9.20. The minimum absolute atomic E-state index is 0.0586. The SMILES string of the molecule is COc1ccc(N2C(=O)[C@@H]3[C@H]2[C@@H]2C[C@H]3ON2C)cc1. The van der Waals surface area contributed by atoms with Crippen molar-refractivity contribution in [3.63, 3.8) is 0 Å². The molecule has 4 rings (SSSR count). The van der Waals surface area contributed by atoms with Gasteiger partial charge >= 0.3 is 0 Å². The molecule has 3 aliphatic rings. The van der Waals surface area contributed by atoms with Crippen molar-refractivity contribution in [2.45, 2.75) is 24.6 Å². The van der Waals surface area contributed by atoms with Gasteiger partial charge in [0.2, 0.25) is 5.91 Å². The summed E-state index contributed by atoms with van der Waals surface area (Å²) >= 11 is 0. The van der Waals surface area contributed by atoms with Gasteiger partial charge in [-0.05, 0) is 30.7 Å². The summed E-state index contributed by atoms with van der Waals surface area (Å²) < 4.78 is 5.15. The van der Waals surface area contributed by atoms with Gasteiger partial charge in [0.05, 0.1) is 31.2 Å². The van der Waals surface area contributed by atoms with Crippen LogP contribution in [0.25, 0.3) is 0 Å². The summed E-state index contributed by atoms with van der Waals surface area (Å²) in [4.78, 5) is 19.9. The highest BCUT2D eigenvalue weighted by atomic mass is 16.7. The van der Waals surface area contributed by atoms with E-state index in [0.29, 0.717) is 6.04 Å². The van der Waals surface area contributed by atoms with Gasteiger partial charge in [-0.15, -0.1) is 0 Å². The van der Waals surface area contributed by atoms with E-state index in [-0.39, 0.29) is 24.0 Å². The molecule has 2 bridgehead atoms. The van der Waals surface area contributed by atoms with Crippen LogP contribution in [0.15, 0.2) is 24.3 Å². The number of methoxy groups -OCH3 is 1. The highest BCUT2D eigenvalue weighted by molar-refractivity contribution is 6.04. The van der Waals surface area contributed by atoms with Gasteiger partial charge in [0.25, 0.3) is 0 Å². The number of ether oxygens (including phenoxy) is 1. The molecular formula is C14H16N2O3. The summed E-state index contributed by atoms with van der Waals surface area (Å²) in [5.74, 6) is 1.06. The van der Waals surface area contributed by atoms with Crippen LogP contribution in [0.1, 0.15) is 6.42 Å². The lowest BCUT2D eigenvalue weighted by Gasteiger charge is -2.50. The van der Waals surface area contributed by atoms with E-state index >= 15 is 0 Å². The van der Waals surface area contributed by atoms with Crippen LogP contribution in [-0.4, -0.2) is 43.3 Å². The molecule has 1 amide bonds. The number of benzene rings is 1. The number of hydrogen-bond donors (Lipinski definition) is 0. The fourth-order valence-corrected chi connectivity index (χ4v) is 3.65. The zero-order chi connectivity index (χ0) is 13.1. The second-order valence-electron chi connectivity index (χ2n) is 5.42. The highest BCUT2D eigenvalue weighted by Crippen LogP contribution is 2.50. The molecule has 5 nitrogen and oxygen atoms in total. The van der Waals surface area contributed by atoms with Gasteiger partial charge in [0.1, 0.15) is 5.75 Å². The van der Waals surface area contributed by atoms with E-state index in [1.165, 1.54) is 0 Å². The summed E-state index contributed by atoms with van der Waals surface area (Å²) in [6, 6.07) is 8.27. The van der Waals surface area contributed by atoms with E-state index in [2.05, 4.69) is 0 Å². The van der Waals surface area contributed by atoms with Gasteiger partial charge in [-0.1, -0.05) is 0 Å². The van der Waals surface area contributed by atoms with Crippen LogP contribution in [-0.2, 0) is 9.63 Å². The Morgan fingerprint density at radius 3 is 2.74 bits per heavy atom. The predicted octanol–water partition coefficient (Wildman–Crippen LogP) is 1.04. The number of amides is 1. The van der Waals surface area contributed by atoms with Crippen LogP contribution in [0.3, 0.4) is 0 Å². The number of likely N-dealkylation sites (N-methyl/N-ethyl adjacent to an activating group) is 1. The molecular weight excluding hydrogens is 244 g/mol. The molecule has 1 aliphatic carbocycles. The summed E-state index contributed by atoms with van der Waals surface area (Å²) in [6.45, 7) is 0. The minimum Gasteiger partial charge on any atom is -0.497 e. The molecule has 100 valence electrons. The Bertz CT molecular complexity index is 530. The maximum Gasteiger partial charge on any atom is 0.235 e. The lowest BCUT2D eigenvalue weighted by Crippen LogP contribution is -2.68. The standard InChI is InChI=1S/C14H16N2O3/c1-15-10-7-11(19-15)12-13(10)16(14(12)17)8-3-5-9(18-2)6-4-8/h3-6,10-13H,7H2,1-2H3/t10-,11+,12-,13+/m0/s1. The molecule has 5 heteroatoms. The zero-order valence-corrected chi connectivity index (χ0v) is 10.9. The summed E-state index contributed by atoms with van der Waals surface area (Å²) in [6.07, 6.45) is 1.05. The molecule has 0 N–H and O–H groups in total. The van der Waals surface area contributed by atoms with Crippen molar-refractivity contribution in [3.8, 4) is 5.75 Å². The summed E-state index contributed by atoms with van der Waals surface area (Å²) in [5.41, 5.74) is 0.952. The number of anilines is 1. The Hall–Kier alpha value is -1.59. The van der Waals surface area contributed by atoms with Crippen molar-refractivity contribution in [2.75, 3.05) is 19.1 Å². The van der Waals surface area contributed by atoms with Crippen LogP contribution in [0.2, 0.25) is 0 Å². The quantitative estimate of drug-likeness (QED) is 0.745. The lowest BCUT2D eigenvalue weighted by atomic mass is 9.86. The molecule has 2 heterocycles. The van der Waals surface area contributed by atoms with Crippen molar-refractivity contribution in [1.29, 1.82) is 0 Å². The third-order valence-electron chi connectivity index (χ3n) is 4.58. The topological polar surface area (TPSA) is 42.0 Å². The van der Waals surface area contributed by atoms with E-state index in [0.717, 1.165) is 17.9 Å². The largest absolute Gasteiger partial charge is 0.497 e. The summed E-state index contributed by atoms with van der Waals surface area (Å²) in [5, 5.41) is 1.91. The fraction of sp³-hybridized carbons (Fsp3) is 0.500. The Balaban J connectivity index is 1.64. The average Bonchev–Trinajstić information content (AvgIpc) is 2.92. The molecule has 0 aromatic heterocycles. The smallest absolute Gasteiger partial charge is 0.235 e. The van der Waals surface area contributed by atoms with Crippen LogP contribution in [0.5, 0.6) is 5.75 Å².